The van der Waals surface area contributed by atoms with E-state index < -0.39 is 6.10 Å². The highest BCUT2D eigenvalue weighted by atomic mass is 35.5. The van der Waals surface area contributed by atoms with Crippen molar-refractivity contribution in [2.45, 2.75) is 29.9 Å². The smallest absolute Gasteiger partial charge is 0.302 e. The van der Waals surface area contributed by atoms with Crippen LogP contribution in [-0.2, 0) is 14.3 Å². The molecule has 0 aliphatic carbocycles. The van der Waals surface area contributed by atoms with Gasteiger partial charge in [-0.25, -0.2) is 15.0 Å². The molecule has 2 N–H and O–H groups in total. The Labute approximate surface area is 141 Å². The van der Waals surface area contributed by atoms with Gasteiger partial charge in [-0.3, -0.25) is 9.36 Å². The molecule has 0 saturated carbocycles. The number of thioether (sulfide) groups is 1. The van der Waals surface area contributed by atoms with Gasteiger partial charge in [0.1, 0.15) is 24.6 Å². The number of halogens is 1. The zero-order valence-corrected chi connectivity index (χ0v) is 14.1. The maximum absolute atomic E-state index is 11.0. The van der Waals surface area contributed by atoms with Gasteiger partial charge < -0.3 is 15.2 Å². The number of aromatic nitrogens is 4. The van der Waals surface area contributed by atoms with Crippen LogP contribution in [0.1, 0.15) is 13.2 Å². The van der Waals surface area contributed by atoms with Crippen molar-refractivity contribution in [3.8, 4) is 0 Å². The molecule has 3 rings (SSSR count). The lowest BCUT2D eigenvalue weighted by molar-refractivity contribution is -0.145. The second-order valence-electron chi connectivity index (χ2n) is 5.10. The lowest BCUT2D eigenvalue weighted by Crippen LogP contribution is -2.28. The number of nitrogens with zero attached hydrogens (tertiary/aromatic N) is 4. The number of alkyl halides is 1. The van der Waals surface area contributed by atoms with Crippen LogP contribution in [0.2, 0.25) is 0 Å². The summed E-state index contributed by atoms with van der Waals surface area (Å²) in [6.07, 6.45) is 4.16. The highest BCUT2D eigenvalue weighted by Gasteiger charge is 2.45. The van der Waals surface area contributed by atoms with Gasteiger partial charge >= 0.3 is 5.97 Å². The third-order valence-corrected chi connectivity index (χ3v) is 5.42. The number of anilines is 1. The predicted molar refractivity (Wildman–Crippen MR) is 87.2 cm³/mol. The first kappa shape index (κ1) is 16.3. The van der Waals surface area contributed by atoms with Crippen molar-refractivity contribution >= 4 is 46.3 Å². The summed E-state index contributed by atoms with van der Waals surface area (Å²) in [6.45, 7) is 1.46. The van der Waals surface area contributed by atoms with Gasteiger partial charge in [0.05, 0.1) is 17.0 Å². The number of carbonyl (C=O) groups is 1. The maximum atomic E-state index is 11.0. The fourth-order valence-corrected chi connectivity index (χ4v) is 3.99. The van der Waals surface area contributed by atoms with Gasteiger partial charge in [-0.1, -0.05) is 0 Å². The van der Waals surface area contributed by atoms with Crippen LogP contribution < -0.4 is 5.73 Å². The van der Waals surface area contributed by atoms with E-state index in [2.05, 4.69) is 15.0 Å². The summed E-state index contributed by atoms with van der Waals surface area (Å²) in [4.78, 5) is 23.4. The molecule has 0 aromatic carbocycles. The summed E-state index contributed by atoms with van der Waals surface area (Å²) in [5.41, 5.74) is 6.92. The van der Waals surface area contributed by atoms with E-state index in [1.165, 1.54) is 13.3 Å². The number of ether oxygens (including phenoxy) is 2. The Morgan fingerprint density at radius 1 is 1.52 bits per heavy atom. The molecule has 1 aliphatic heterocycles. The Bertz CT molecular complexity index is 727. The molecule has 4 atom stereocenters. The quantitative estimate of drug-likeness (QED) is 0.643. The minimum absolute atomic E-state index is 0.0502. The number of fused-ring (bicyclic) bond motifs is 1. The van der Waals surface area contributed by atoms with Gasteiger partial charge in [0.25, 0.3) is 0 Å². The molecule has 0 bridgehead atoms. The lowest BCUT2D eigenvalue weighted by atomic mass is 10.2. The number of hydrogen-bond acceptors (Lipinski definition) is 8. The normalized spacial score (nSPS) is 27.4. The fourth-order valence-electron chi connectivity index (χ4n) is 2.56. The molecular weight excluding hydrogens is 342 g/mol. The van der Waals surface area contributed by atoms with Crippen molar-refractivity contribution < 1.29 is 14.3 Å². The molecule has 2 aromatic heterocycles. The van der Waals surface area contributed by atoms with Crippen LogP contribution in [-0.4, -0.2) is 55.1 Å². The van der Waals surface area contributed by atoms with E-state index in [0.717, 1.165) is 0 Å². The topological polar surface area (TPSA) is 105 Å². The van der Waals surface area contributed by atoms with E-state index >= 15 is 0 Å². The van der Waals surface area contributed by atoms with Crippen LogP contribution in [0, 0.1) is 0 Å². The van der Waals surface area contributed by atoms with Gasteiger partial charge in [0.15, 0.2) is 17.7 Å². The molecule has 124 valence electrons. The summed E-state index contributed by atoms with van der Waals surface area (Å²) >= 11 is 8.07. The second kappa shape index (κ2) is 6.50. The van der Waals surface area contributed by atoms with Crippen LogP contribution in [0.3, 0.4) is 0 Å². The Morgan fingerprint density at radius 2 is 2.30 bits per heavy atom. The van der Waals surface area contributed by atoms with Crippen LogP contribution in [0.15, 0.2) is 12.7 Å². The number of hydrogen-bond donors (Lipinski definition) is 1. The maximum Gasteiger partial charge on any atom is 0.302 e. The molecular formula is C13H16ClN5O3S. The van der Waals surface area contributed by atoms with Crippen LogP contribution in [0.4, 0.5) is 5.82 Å². The minimum atomic E-state index is -0.403. The van der Waals surface area contributed by atoms with Crippen molar-refractivity contribution in [1.29, 1.82) is 0 Å². The molecule has 1 aliphatic rings. The van der Waals surface area contributed by atoms with Crippen molar-refractivity contribution in [1.82, 2.24) is 19.5 Å². The van der Waals surface area contributed by atoms with Crippen molar-refractivity contribution in [3.05, 3.63) is 12.7 Å². The largest absolute Gasteiger partial charge is 0.463 e. The van der Waals surface area contributed by atoms with Crippen molar-refractivity contribution in [2.75, 3.05) is 18.6 Å². The average molecular weight is 358 g/mol. The monoisotopic (exact) mass is 357 g/mol. The SMILES string of the molecule is CS[C@@H]1[C@@H](Cl)[C@@H](COC(C)=O)O[C@H]1n1cnc2c(N)ncnc21. The molecule has 10 heteroatoms. The average Bonchev–Trinajstić information content (AvgIpc) is 3.07. The first-order valence-electron chi connectivity index (χ1n) is 6.91. The standard InChI is InChI=1S/C13H16ClN5O3S/c1-6(20)21-3-7-8(14)10(23-2)13(22-7)19-5-18-9-11(15)16-4-17-12(9)19/h4-5,7-8,10,13H,3H2,1-2H3,(H2,15,16,17)/t7-,8+,10-,13-/m1/s1. The van der Waals surface area contributed by atoms with Crippen LogP contribution >= 0.6 is 23.4 Å². The Balaban J connectivity index is 1.91. The highest BCUT2D eigenvalue weighted by molar-refractivity contribution is 7.99. The number of carbonyl (C=O) groups excluding carboxylic acids is 1. The van der Waals surface area contributed by atoms with Gasteiger partial charge in [0.2, 0.25) is 0 Å². The number of imidazole rings is 1. The highest BCUT2D eigenvalue weighted by Crippen LogP contribution is 2.40. The minimum Gasteiger partial charge on any atom is -0.463 e. The molecule has 0 spiro atoms. The fraction of sp³-hybridized carbons (Fsp3) is 0.538. The summed E-state index contributed by atoms with van der Waals surface area (Å²) in [5.74, 6) is -0.0541. The first-order chi connectivity index (χ1) is 11.0. The summed E-state index contributed by atoms with van der Waals surface area (Å²) in [5, 5.41) is -0.364. The van der Waals surface area contributed by atoms with Crippen molar-refractivity contribution in [3.63, 3.8) is 0 Å². The third kappa shape index (κ3) is 2.96. The number of rotatable bonds is 4. The second-order valence-corrected chi connectivity index (χ2v) is 6.62. The number of nitrogen functional groups attached to an aromatic ring is 1. The van der Waals surface area contributed by atoms with Gasteiger partial charge in [-0.05, 0) is 6.26 Å². The van der Waals surface area contributed by atoms with Crippen molar-refractivity contribution in [2.24, 2.45) is 0 Å². The van der Waals surface area contributed by atoms with E-state index in [0.29, 0.717) is 17.0 Å². The molecule has 8 nitrogen and oxygen atoms in total. The van der Waals surface area contributed by atoms with E-state index in [-0.39, 0.29) is 29.4 Å². The van der Waals surface area contributed by atoms with E-state index in [4.69, 9.17) is 26.8 Å². The van der Waals surface area contributed by atoms with Gasteiger partial charge in [-0.2, -0.15) is 11.8 Å². The zero-order valence-electron chi connectivity index (χ0n) is 12.5. The van der Waals surface area contributed by atoms with E-state index in [9.17, 15) is 4.79 Å². The number of nitrogens with two attached hydrogens (primary N) is 1. The van der Waals surface area contributed by atoms with Gasteiger partial charge in [-0.15, -0.1) is 11.6 Å². The molecule has 1 saturated heterocycles. The lowest BCUT2D eigenvalue weighted by Gasteiger charge is -2.19. The molecule has 23 heavy (non-hydrogen) atoms. The first-order valence-corrected chi connectivity index (χ1v) is 8.64. The summed E-state index contributed by atoms with van der Waals surface area (Å²) < 4.78 is 12.8. The van der Waals surface area contributed by atoms with E-state index in [1.807, 2.05) is 6.26 Å². The molecule has 0 radical (unpaired) electrons. The Hall–Kier alpha value is -1.58. The third-order valence-electron chi connectivity index (χ3n) is 3.65. The Morgan fingerprint density at radius 3 is 3.00 bits per heavy atom. The molecule has 3 heterocycles. The molecule has 1 fully saturated rings. The number of esters is 1. The Kier molecular flexibility index (Phi) is 4.60. The summed E-state index contributed by atoms with van der Waals surface area (Å²) in [7, 11) is 0. The molecule has 0 unspecified atom stereocenters. The molecule has 2 aromatic rings. The predicted octanol–water partition coefficient (Wildman–Crippen LogP) is 1.21. The van der Waals surface area contributed by atoms with Crippen LogP contribution in [0.25, 0.3) is 11.2 Å². The van der Waals surface area contributed by atoms with Crippen LogP contribution in [0.5, 0.6) is 0 Å². The zero-order chi connectivity index (χ0) is 16.6. The summed E-state index contributed by atoms with van der Waals surface area (Å²) in [6, 6.07) is 0. The molecule has 0 amide bonds. The van der Waals surface area contributed by atoms with E-state index in [1.54, 1.807) is 22.7 Å². The van der Waals surface area contributed by atoms with Gasteiger partial charge in [0, 0.05) is 6.92 Å².